The van der Waals surface area contributed by atoms with Crippen molar-refractivity contribution in [2.45, 2.75) is 0 Å². The zero-order valence-electron chi connectivity index (χ0n) is 27.9. The largest absolute Gasteiger partial charge is 0.456 e. The Morgan fingerprint density at radius 2 is 0.942 bits per heavy atom. The molecule has 4 heterocycles. The fourth-order valence-corrected chi connectivity index (χ4v) is 7.03. The van der Waals surface area contributed by atoms with Crippen LogP contribution in [0.2, 0.25) is 0 Å². The second-order valence-corrected chi connectivity index (χ2v) is 12.8. The molecule has 0 spiro atoms. The van der Waals surface area contributed by atoms with Gasteiger partial charge in [0.15, 0.2) is 17.5 Å². The van der Waals surface area contributed by atoms with E-state index in [9.17, 15) is 0 Å². The lowest BCUT2D eigenvalue weighted by atomic mass is 9.97. The van der Waals surface area contributed by atoms with Crippen molar-refractivity contribution < 1.29 is 4.42 Å². The van der Waals surface area contributed by atoms with Crippen molar-refractivity contribution in [2.75, 3.05) is 0 Å². The Kier molecular flexibility index (Phi) is 7.03. The minimum Gasteiger partial charge on any atom is -0.456 e. The first-order valence-electron chi connectivity index (χ1n) is 17.2. The molecule has 4 aromatic heterocycles. The standard InChI is InChI=1S/C46H29N5O/c1-3-10-30(11-4-1)44-48-45(31-12-5-2-6-13-31)50-46(49-44)35-19-21-43-39(28-35)38-27-33(18-20-42(38)52-43)32-14-9-15-34(26-32)40-29-51(36-22-24-47-25-23-36)41-17-8-7-16-37(40)41/h1-29H. The summed E-state index contributed by atoms with van der Waals surface area (Å²) < 4.78 is 8.58. The maximum Gasteiger partial charge on any atom is 0.164 e. The summed E-state index contributed by atoms with van der Waals surface area (Å²) >= 11 is 0. The third-order valence-corrected chi connectivity index (χ3v) is 9.59. The SMILES string of the molecule is c1ccc(-c2nc(-c3ccccc3)nc(-c3ccc4oc5ccc(-c6cccc(-c7cn(-c8ccncc8)c8ccccc78)c6)cc5c4c3)n2)cc1. The molecule has 0 fully saturated rings. The lowest BCUT2D eigenvalue weighted by molar-refractivity contribution is 0.669. The maximum absolute atomic E-state index is 6.35. The van der Waals surface area contributed by atoms with E-state index in [0.29, 0.717) is 17.5 Å². The van der Waals surface area contributed by atoms with Gasteiger partial charge in [-0.25, -0.2) is 15.0 Å². The van der Waals surface area contributed by atoms with E-state index in [1.807, 2.05) is 97.3 Å². The Hall–Kier alpha value is -7.18. The first-order valence-corrected chi connectivity index (χ1v) is 17.2. The van der Waals surface area contributed by atoms with Crippen molar-refractivity contribution >= 4 is 32.8 Å². The minimum atomic E-state index is 0.610. The summed E-state index contributed by atoms with van der Waals surface area (Å²) in [5, 5.41) is 3.24. The van der Waals surface area contributed by atoms with Crippen LogP contribution in [0.15, 0.2) is 181 Å². The van der Waals surface area contributed by atoms with Crippen molar-refractivity contribution in [3.8, 4) is 62.1 Å². The number of hydrogen-bond donors (Lipinski definition) is 0. The molecule has 6 nitrogen and oxygen atoms in total. The smallest absolute Gasteiger partial charge is 0.164 e. The maximum atomic E-state index is 6.35. The second kappa shape index (κ2) is 12.3. The van der Waals surface area contributed by atoms with Gasteiger partial charge in [-0.05, 0) is 71.3 Å². The van der Waals surface area contributed by atoms with Crippen LogP contribution < -0.4 is 0 Å². The topological polar surface area (TPSA) is 69.6 Å². The van der Waals surface area contributed by atoms with Crippen LogP contribution in [0.25, 0.3) is 94.9 Å². The van der Waals surface area contributed by atoms with Crippen LogP contribution in [0.4, 0.5) is 0 Å². The number of pyridine rings is 1. The molecule has 6 aromatic carbocycles. The molecule has 0 atom stereocenters. The average molecular weight is 668 g/mol. The lowest BCUT2D eigenvalue weighted by Gasteiger charge is -2.08. The van der Waals surface area contributed by atoms with Crippen LogP contribution in [0.5, 0.6) is 0 Å². The number of hydrogen-bond acceptors (Lipinski definition) is 5. The lowest BCUT2D eigenvalue weighted by Crippen LogP contribution is -2.00. The number of para-hydroxylation sites is 1. The van der Waals surface area contributed by atoms with Crippen LogP contribution in [0.1, 0.15) is 0 Å². The van der Waals surface area contributed by atoms with Gasteiger partial charge in [0.05, 0.1) is 5.52 Å². The predicted molar refractivity (Wildman–Crippen MR) is 209 cm³/mol. The normalized spacial score (nSPS) is 11.5. The quantitative estimate of drug-likeness (QED) is 0.176. The average Bonchev–Trinajstić information content (AvgIpc) is 3.80. The molecule has 0 unspecified atom stereocenters. The van der Waals surface area contributed by atoms with Crippen LogP contribution in [0, 0.1) is 0 Å². The molecular formula is C46H29N5O. The van der Waals surface area contributed by atoms with E-state index in [1.165, 1.54) is 10.9 Å². The summed E-state index contributed by atoms with van der Waals surface area (Å²) in [6, 6.07) is 54.0. The summed E-state index contributed by atoms with van der Waals surface area (Å²) in [4.78, 5) is 19.0. The van der Waals surface area contributed by atoms with Crippen LogP contribution in [0.3, 0.4) is 0 Å². The summed E-state index contributed by atoms with van der Waals surface area (Å²) in [5.74, 6) is 1.87. The van der Waals surface area contributed by atoms with Crippen LogP contribution in [-0.2, 0) is 0 Å². The highest BCUT2D eigenvalue weighted by Crippen LogP contribution is 2.38. The monoisotopic (exact) mass is 667 g/mol. The number of fused-ring (bicyclic) bond motifs is 4. The Labute approximate surface area is 299 Å². The van der Waals surface area contributed by atoms with E-state index in [1.54, 1.807) is 0 Å². The van der Waals surface area contributed by atoms with Gasteiger partial charge in [-0.1, -0.05) is 103 Å². The van der Waals surface area contributed by atoms with Gasteiger partial charge in [0.2, 0.25) is 0 Å². The van der Waals surface area contributed by atoms with E-state index in [4.69, 9.17) is 19.4 Å². The molecule has 0 radical (unpaired) electrons. The summed E-state index contributed by atoms with van der Waals surface area (Å²) in [6.07, 6.45) is 5.88. The van der Waals surface area contributed by atoms with Gasteiger partial charge in [0.25, 0.3) is 0 Å². The Balaban J connectivity index is 1.07. The molecular weight excluding hydrogens is 639 g/mol. The number of benzene rings is 6. The zero-order valence-corrected chi connectivity index (χ0v) is 27.9. The van der Waals surface area contributed by atoms with Gasteiger partial charge in [0.1, 0.15) is 11.2 Å². The van der Waals surface area contributed by atoms with Crippen LogP contribution in [-0.4, -0.2) is 24.5 Å². The Bertz CT molecular complexity index is 2840. The highest BCUT2D eigenvalue weighted by atomic mass is 16.3. The van der Waals surface area contributed by atoms with Gasteiger partial charge in [0, 0.05) is 62.7 Å². The third kappa shape index (κ3) is 5.22. The summed E-state index contributed by atoms with van der Waals surface area (Å²) in [7, 11) is 0. The van der Waals surface area contributed by atoms with E-state index in [-0.39, 0.29) is 0 Å². The molecule has 52 heavy (non-hydrogen) atoms. The molecule has 0 aliphatic carbocycles. The molecule has 0 aliphatic heterocycles. The van der Waals surface area contributed by atoms with Crippen molar-refractivity contribution in [1.29, 1.82) is 0 Å². The van der Waals surface area contributed by atoms with Gasteiger partial charge in [-0.2, -0.15) is 0 Å². The summed E-state index contributed by atoms with van der Waals surface area (Å²) in [5.41, 5.74) is 11.2. The van der Waals surface area contributed by atoms with Crippen molar-refractivity contribution in [3.05, 3.63) is 176 Å². The van der Waals surface area contributed by atoms with Crippen molar-refractivity contribution in [3.63, 3.8) is 0 Å². The number of rotatable bonds is 6. The van der Waals surface area contributed by atoms with Crippen molar-refractivity contribution in [2.24, 2.45) is 0 Å². The Morgan fingerprint density at radius 3 is 1.63 bits per heavy atom. The second-order valence-electron chi connectivity index (χ2n) is 12.8. The molecule has 10 rings (SSSR count). The Morgan fingerprint density at radius 1 is 0.404 bits per heavy atom. The van der Waals surface area contributed by atoms with E-state index < -0.39 is 0 Å². The highest BCUT2D eigenvalue weighted by molar-refractivity contribution is 6.07. The fourth-order valence-electron chi connectivity index (χ4n) is 7.03. The molecule has 0 N–H and O–H groups in total. The van der Waals surface area contributed by atoms with Gasteiger partial charge in [-0.15, -0.1) is 0 Å². The van der Waals surface area contributed by atoms with Crippen molar-refractivity contribution in [1.82, 2.24) is 24.5 Å². The molecule has 10 aromatic rings. The predicted octanol–water partition coefficient (Wildman–Crippen LogP) is 11.4. The molecule has 6 heteroatoms. The molecule has 0 amide bonds. The van der Waals surface area contributed by atoms with Gasteiger partial charge >= 0.3 is 0 Å². The molecule has 0 saturated carbocycles. The zero-order chi connectivity index (χ0) is 34.4. The number of furan rings is 1. The molecule has 0 bridgehead atoms. The highest BCUT2D eigenvalue weighted by Gasteiger charge is 2.16. The summed E-state index contributed by atoms with van der Waals surface area (Å²) in [6.45, 7) is 0. The molecule has 244 valence electrons. The van der Waals surface area contributed by atoms with E-state index in [2.05, 4.69) is 88.5 Å². The first kappa shape index (κ1) is 29.7. The number of nitrogens with zero attached hydrogens (tertiary/aromatic N) is 5. The fraction of sp³-hybridized carbons (Fsp3) is 0. The third-order valence-electron chi connectivity index (χ3n) is 9.59. The van der Waals surface area contributed by atoms with Gasteiger partial charge in [-0.3, -0.25) is 4.98 Å². The minimum absolute atomic E-state index is 0.610. The van der Waals surface area contributed by atoms with E-state index >= 15 is 0 Å². The molecule has 0 saturated heterocycles. The number of aromatic nitrogens is 5. The molecule has 0 aliphatic rings. The van der Waals surface area contributed by atoms with E-state index in [0.717, 1.165) is 66.5 Å². The van der Waals surface area contributed by atoms with Gasteiger partial charge < -0.3 is 8.98 Å². The van der Waals surface area contributed by atoms with Crippen LogP contribution >= 0.6 is 0 Å². The first-order chi connectivity index (χ1) is 25.7.